The molecule has 1 N–H and O–H groups in total. The second-order valence-corrected chi connectivity index (χ2v) is 6.67. The molecular weight excluding hydrogens is 288 g/mol. The van der Waals surface area contributed by atoms with Gasteiger partial charge in [0.25, 0.3) is 0 Å². The monoisotopic (exact) mass is 312 g/mol. The van der Waals surface area contributed by atoms with Crippen LogP contribution in [-0.4, -0.2) is 30.0 Å². The zero-order valence-corrected chi connectivity index (χ0v) is 13.5. The Morgan fingerprint density at radius 2 is 2.09 bits per heavy atom. The van der Waals surface area contributed by atoms with Gasteiger partial charge in [-0.05, 0) is 29.9 Å². The molecule has 0 bridgehead atoms. The molecule has 1 aromatic heterocycles. The van der Waals surface area contributed by atoms with Crippen LogP contribution in [0, 0.1) is 0 Å². The molecule has 1 saturated carbocycles. The molecule has 23 heavy (non-hydrogen) atoms. The number of benzene rings is 1. The third-order valence-electron chi connectivity index (χ3n) is 4.99. The van der Waals surface area contributed by atoms with Crippen LogP contribution in [0.5, 0.6) is 0 Å². The lowest BCUT2D eigenvalue weighted by Crippen LogP contribution is -2.35. The normalized spacial score (nSPS) is 23.6. The zero-order valence-electron chi connectivity index (χ0n) is 13.5. The Balaban J connectivity index is 1.33. The van der Waals surface area contributed by atoms with Gasteiger partial charge in [0.2, 0.25) is 0 Å². The second kappa shape index (κ2) is 6.56. The van der Waals surface area contributed by atoms with Crippen molar-refractivity contribution in [1.29, 1.82) is 0 Å². The highest BCUT2D eigenvalue weighted by molar-refractivity contribution is 5.84. The molecule has 2 aromatic rings. The molecule has 1 spiro atoms. The van der Waals surface area contributed by atoms with Crippen molar-refractivity contribution in [3.63, 3.8) is 0 Å². The van der Waals surface area contributed by atoms with Crippen molar-refractivity contribution >= 4 is 10.8 Å². The molecule has 0 amide bonds. The lowest BCUT2D eigenvalue weighted by atomic mass is 9.94. The van der Waals surface area contributed by atoms with Gasteiger partial charge in [-0.2, -0.15) is 0 Å². The number of nitrogens with zero attached hydrogens (tertiary/aromatic N) is 1. The first-order chi connectivity index (χ1) is 11.3. The SMILES string of the molecule is c1cc(CNC[C@H]2COC3(CCCCC3)O2)c2ccncc2c1. The maximum Gasteiger partial charge on any atom is 0.168 e. The molecule has 4 heteroatoms. The largest absolute Gasteiger partial charge is 0.347 e. The van der Waals surface area contributed by atoms with E-state index in [0.717, 1.165) is 25.9 Å². The Morgan fingerprint density at radius 3 is 3.00 bits per heavy atom. The minimum Gasteiger partial charge on any atom is -0.347 e. The number of pyridine rings is 1. The van der Waals surface area contributed by atoms with Crippen molar-refractivity contribution in [3.8, 4) is 0 Å². The fraction of sp³-hybridized carbons (Fsp3) is 0.526. The third kappa shape index (κ3) is 3.25. The lowest BCUT2D eigenvalue weighted by Gasteiger charge is -2.31. The predicted molar refractivity (Wildman–Crippen MR) is 90.1 cm³/mol. The number of hydrogen-bond donors (Lipinski definition) is 1. The summed E-state index contributed by atoms with van der Waals surface area (Å²) in [7, 11) is 0. The summed E-state index contributed by atoms with van der Waals surface area (Å²) in [5.41, 5.74) is 1.30. The van der Waals surface area contributed by atoms with E-state index in [9.17, 15) is 0 Å². The average molecular weight is 312 g/mol. The van der Waals surface area contributed by atoms with Gasteiger partial charge < -0.3 is 14.8 Å². The standard InChI is InChI=1S/C19H24N2O2/c1-2-8-19(9-3-1)22-14-17(23-19)13-21-12-16-6-4-5-15-11-20-10-7-18(15)16/h4-7,10-11,17,21H,1-3,8-9,12-14H2/t17-/m0/s1. The molecule has 2 heterocycles. The van der Waals surface area contributed by atoms with Gasteiger partial charge in [-0.1, -0.05) is 24.6 Å². The van der Waals surface area contributed by atoms with Crippen LogP contribution in [-0.2, 0) is 16.0 Å². The maximum absolute atomic E-state index is 6.22. The number of ether oxygens (including phenoxy) is 2. The van der Waals surface area contributed by atoms with Crippen molar-refractivity contribution in [2.45, 2.75) is 50.5 Å². The van der Waals surface area contributed by atoms with Gasteiger partial charge in [0.05, 0.1) is 12.7 Å². The molecule has 4 rings (SSSR count). The van der Waals surface area contributed by atoms with Gasteiger partial charge in [0.15, 0.2) is 5.79 Å². The van der Waals surface area contributed by atoms with Gasteiger partial charge in [-0.15, -0.1) is 0 Å². The highest BCUT2D eigenvalue weighted by atomic mass is 16.7. The Kier molecular flexibility index (Phi) is 4.29. The Morgan fingerprint density at radius 1 is 1.17 bits per heavy atom. The predicted octanol–water partition coefficient (Wildman–Crippen LogP) is 3.40. The molecule has 4 nitrogen and oxygen atoms in total. The molecule has 1 aliphatic carbocycles. The molecule has 0 unspecified atom stereocenters. The first kappa shape index (κ1) is 15.1. The summed E-state index contributed by atoms with van der Waals surface area (Å²) in [4.78, 5) is 4.19. The Labute approximate surface area is 137 Å². The van der Waals surface area contributed by atoms with Crippen LogP contribution < -0.4 is 5.32 Å². The number of hydrogen-bond acceptors (Lipinski definition) is 4. The van der Waals surface area contributed by atoms with Crippen molar-refractivity contribution in [2.24, 2.45) is 0 Å². The van der Waals surface area contributed by atoms with E-state index in [1.165, 1.54) is 35.6 Å². The minimum atomic E-state index is -0.268. The molecule has 0 radical (unpaired) electrons. The maximum atomic E-state index is 6.22. The van der Waals surface area contributed by atoms with Crippen LogP contribution >= 0.6 is 0 Å². The fourth-order valence-electron chi connectivity index (χ4n) is 3.78. The van der Waals surface area contributed by atoms with Crippen molar-refractivity contribution in [2.75, 3.05) is 13.2 Å². The summed E-state index contributed by atoms with van der Waals surface area (Å²) < 4.78 is 12.2. The summed E-state index contributed by atoms with van der Waals surface area (Å²) in [5, 5.41) is 5.99. The molecule has 1 aliphatic heterocycles. The lowest BCUT2D eigenvalue weighted by molar-refractivity contribution is -0.186. The smallest absolute Gasteiger partial charge is 0.168 e. The van der Waals surface area contributed by atoms with E-state index in [1.54, 1.807) is 0 Å². The van der Waals surface area contributed by atoms with Gasteiger partial charge >= 0.3 is 0 Å². The second-order valence-electron chi connectivity index (χ2n) is 6.67. The van der Waals surface area contributed by atoms with Crippen molar-refractivity contribution < 1.29 is 9.47 Å². The quantitative estimate of drug-likeness (QED) is 0.939. The molecule has 122 valence electrons. The van der Waals surface area contributed by atoms with Crippen molar-refractivity contribution in [1.82, 2.24) is 10.3 Å². The van der Waals surface area contributed by atoms with Crippen LogP contribution in [0.15, 0.2) is 36.7 Å². The number of rotatable bonds is 4. The summed E-state index contributed by atoms with van der Waals surface area (Å²) in [6.45, 7) is 2.39. The van der Waals surface area contributed by atoms with Crippen molar-refractivity contribution in [3.05, 3.63) is 42.2 Å². The molecular formula is C19H24N2O2. The van der Waals surface area contributed by atoms with Crippen LogP contribution in [0.1, 0.15) is 37.7 Å². The number of aromatic nitrogens is 1. The van der Waals surface area contributed by atoms with E-state index >= 15 is 0 Å². The minimum absolute atomic E-state index is 0.171. The average Bonchev–Trinajstić information content (AvgIpc) is 2.98. The van der Waals surface area contributed by atoms with Gasteiger partial charge in [-0.25, -0.2) is 0 Å². The van der Waals surface area contributed by atoms with E-state index < -0.39 is 0 Å². The molecule has 1 aromatic carbocycles. The summed E-state index contributed by atoms with van der Waals surface area (Å²) in [6, 6.07) is 8.45. The number of nitrogens with one attached hydrogen (secondary N) is 1. The molecule has 1 atom stereocenters. The Bertz CT molecular complexity index is 662. The van der Waals surface area contributed by atoms with Gasteiger partial charge in [0, 0.05) is 43.7 Å². The van der Waals surface area contributed by atoms with Gasteiger partial charge in [-0.3, -0.25) is 4.98 Å². The van der Waals surface area contributed by atoms with Crippen LogP contribution in [0.3, 0.4) is 0 Å². The van der Waals surface area contributed by atoms with Gasteiger partial charge in [0.1, 0.15) is 0 Å². The highest BCUT2D eigenvalue weighted by Gasteiger charge is 2.41. The van der Waals surface area contributed by atoms with E-state index in [1.807, 2.05) is 12.4 Å². The molecule has 2 aliphatic rings. The summed E-state index contributed by atoms with van der Waals surface area (Å²) >= 11 is 0. The molecule has 1 saturated heterocycles. The van der Waals surface area contributed by atoms with Crippen LogP contribution in [0.2, 0.25) is 0 Å². The first-order valence-electron chi connectivity index (χ1n) is 8.69. The van der Waals surface area contributed by atoms with Crippen LogP contribution in [0.25, 0.3) is 10.8 Å². The number of fused-ring (bicyclic) bond motifs is 1. The third-order valence-corrected chi connectivity index (χ3v) is 4.99. The first-order valence-corrected chi connectivity index (χ1v) is 8.69. The summed E-state index contributed by atoms with van der Waals surface area (Å²) in [5.74, 6) is -0.268. The Hall–Kier alpha value is -1.49. The van der Waals surface area contributed by atoms with E-state index in [4.69, 9.17) is 9.47 Å². The van der Waals surface area contributed by atoms with E-state index in [2.05, 4.69) is 34.6 Å². The topological polar surface area (TPSA) is 43.4 Å². The molecule has 2 fully saturated rings. The zero-order chi connectivity index (χ0) is 15.5. The van der Waals surface area contributed by atoms with E-state index in [-0.39, 0.29) is 11.9 Å². The van der Waals surface area contributed by atoms with Crippen LogP contribution in [0.4, 0.5) is 0 Å². The fourth-order valence-corrected chi connectivity index (χ4v) is 3.78. The summed E-state index contributed by atoms with van der Waals surface area (Å²) in [6.07, 6.45) is 9.82. The highest BCUT2D eigenvalue weighted by Crippen LogP contribution is 2.37. The van der Waals surface area contributed by atoms with E-state index in [0.29, 0.717) is 6.61 Å².